The zero-order chi connectivity index (χ0) is 12.8. The summed E-state index contributed by atoms with van der Waals surface area (Å²) in [7, 11) is 0. The molecule has 0 aliphatic rings. The second-order valence-corrected chi connectivity index (χ2v) is 3.51. The fraction of sp³-hybridized carbons (Fsp3) is 0. The second kappa shape index (κ2) is 5.58. The van der Waals surface area contributed by atoms with Gasteiger partial charge in [0.1, 0.15) is 11.4 Å². The number of hydrogen-bond donors (Lipinski definition) is 2. The van der Waals surface area contributed by atoms with Crippen LogP contribution in [0.2, 0.25) is 0 Å². The number of rotatable bonds is 3. The molecule has 5 nitrogen and oxygen atoms in total. The molecule has 5 heteroatoms. The molecule has 0 fully saturated rings. The number of amides is 1. The van der Waals surface area contributed by atoms with Crippen LogP contribution in [0, 0.1) is 0 Å². The molecule has 2 N–H and O–H groups in total. The molecule has 1 aromatic carbocycles. The molecule has 0 bridgehead atoms. The monoisotopic (exact) mass is 241 g/mol. The number of nitrogens with one attached hydrogen (secondary N) is 1. The fourth-order valence-corrected chi connectivity index (χ4v) is 1.32. The SMILES string of the molecule is O=C(N/N=C/c1cccc(O)c1)c1ccccn1. The van der Waals surface area contributed by atoms with E-state index in [1.807, 2.05) is 0 Å². The standard InChI is InChI=1S/C13H11N3O2/c17-11-5-3-4-10(8-11)9-15-16-13(18)12-6-1-2-7-14-12/h1-9,17H,(H,16,18)/b15-9+. The average molecular weight is 241 g/mol. The molecule has 0 aliphatic carbocycles. The maximum absolute atomic E-state index is 11.6. The zero-order valence-electron chi connectivity index (χ0n) is 9.45. The summed E-state index contributed by atoms with van der Waals surface area (Å²) < 4.78 is 0. The van der Waals surface area contributed by atoms with Crippen LogP contribution in [0.1, 0.15) is 16.1 Å². The maximum atomic E-state index is 11.6. The molecule has 0 unspecified atom stereocenters. The van der Waals surface area contributed by atoms with Gasteiger partial charge in [0.15, 0.2) is 0 Å². The highest BCUT2D eigenvalue weighted by atomic mass is 16.3. The van der Waals surface area contributed by atoms with E-state index in [4.69, 9.17) is 0 Å². The number of hydrogen-bond acceptors (Lipinski definition) is 4. The third-order valence-electron chi connectivity index (χ3n) is 2.15. The van der Waals surface area contributed by atoms with Gasteiger partial charge in [-0.3, -0.25) is 9.78 Å². The smallest absolute Gasteiger partial charge is 0.289 e. The first kappa shape index (κ1) is 11.8. The first-order chi connectivity index (χ1) is 8.75. The Morgan fingerprint density at radius 3 is 2.89 bits per heavy atom. The quantitative estimate of drug-likeness (QED) is 0.632. The van der Waals surface area contributed by atoms with E-state index in [1.54, 1.807) is 36.4 Å². The molecule has 90 valence electrons. The first-order valence-corrected chi connectivity index (χ1v) is 5.29. The minimum Gasteiger partial charge on any atom is -0.508 e. The molecule has 0 atom stereocenters. The average Bonchev–Trinajstić information content (AvgIpc) is 2.40. The number of benzene rings is 1. The highest BCUT2D eigenvalue weighted by Crippen LogP contribution is 2.08. The van der Waals surface area contributed by atoms with Crippen LogP contribution >= 0.6 is 0 Å². The van der Waals surface area contributed by atoms with Crippen molar-refractivity contribution in [1.29, 1.82) is 0 Å². The molecular weight excluding hydrogens is 230 g/mol. The van der Waals surface area contributed by atoms with Crippen molar-refractivity contribution in [3.8, 4) is 5.75 Å². The number of phenols is 1. The van der Waals surface area contributed by atoms with Crippen LogP contribution in [0.15, 0.2) is 53.8 Å². The van der Waals surface area contributed by atoms with Crippen molar-refractivity contribution in [2.45, 2.75) is 0 Å². The summed E-state index contributed by atoms with van der Waals surface area (Å²) in [6.45, 7) is 0. The van der Waals surface area contributed by atoms with Crippen LogP contribution in [0.5, 0.6) is 5.75 Å². The van der Waals surface area contributed by atoms with Gasteiger partial charge >= 0.3 is 0 Å². The molecule has 2 rings (SSSR count). The van der Waals surface area contributed by atoms with Crippen molar-refractivity contribution in [2.24, 2.45) is 5.10 Å². The van der Waals surface area contributed by atoms with E-state index >= 15 is 0 Å². The summed E-state index contributed by atoms with van der Waals surface area (Å²) in [6.07, 6.45) is 2.98. The second-order valence-electron chi connectivity index (χ2n) is 3.51. The molecule has 18 heavy (non-hydrogen) atoms. The van der Waals surface area contributed by atoms with Gasteiger partial charge in [-0.1, -0.05) is 18.2 Å². The molecule has 0 spiro atoms. The lowest BCUT2D eigenvalue weighted by Gasteiger charge is -1.98. The molecule has 1 heterocycles. The number of aromatic hydroxyl groups is 1. The Labute approximate surface area is 104 Å². The lowest BCUT2D eigenvalue weighted by Crippen LogP contribution is -2.18. The van der Waals surface area contributed by atoms with Crippen LogP contribution in [-0.2, 0) is 0 Å². The topological polar surface area (TPSA) is 74.6 Å². The van der Waals surface area contributed by atoms with Gasteiger partial charge in [0.05, 0.1) is 6.21 Å². The Hall–Kier alpha value is -2.69. The summed E-state index contributed by atoms with van der Waals surface area (Å²) in [5.74, 6) is -0.234. The summed E-state index contributed by atoms with van der Waals surface area (Å²) in [5, 5.41) is 13.0. The minimum absolute atomic E-state index is 0.148. The predicted octanol–water partition coefficient (Wildman–Crippen LogP) is 1.55. The maximum Gasteiger partial charge on any atom is 0.289 e. The molecule has 1 aromatic heterocycles. The zero-order valence-corrected chi connectivity index (χ0v) is 9.45. The van der Waals surface area contributed by atoms with Crippen molar-refractivity contribution in [3.63, 3.8) is 0 Å². The Bertz CT molecular complexity index is 567. The highest BCUT2D eigenvalue weighted by molar-refractivity contribution is 5.93. The van der Waals surface area contributed by atoms with E-state index in [0.717, 1.165) is 0 Å². The van der Waals surface area contributed by atoms with Crippen molar-refractivity contribution in [3.05, 3.63) is 59.9 Å². The van der Waals surface area contributed by atoms with Crippen LogP contribution in [-0.4, -0.2) is 22.2 Å². The Kier molecular flexibility index (Phi) is 3.66. The lowest BCUT2D eigenvalue weighted by atomic mass is 10.2. The number of phenolic OH excluding ortho intramolecular Hbond substituents is 1. The van der Waals surface area contributed by atoms with Gasteiger partial charge in [-0.15, -0.1) is 0 Å². The Balaban J connectivity index is 1.98. The highest BCUT2D eigenvalue weighted by Gasteiger charge is 2.03. The Morgan fingerprint density at radius 2 is 2.17 bits per heavy atom. The predicted molar refractivity (Wildman–Crippen MR) is 67.4 cm³/mol. The molecular formula is C13H11N3O2. The third kappa shape index (κ3) is 3.15. The normalized spacial score (nSPS) is 10.4. The van der Waals surface area contributed by atoms with Crippen molar-refractivity contribution in [1.82, 2.24) is 10.4 Å². The molecule has 0 radical (unpaired) electrons. The van der Waals surface area contributed by atoms with E-state index in [0.29, 0.717) is 11.3 Å². The number of nitrogens with zero attached hydrogens (tertiary/aromatic N) is 2. The van der Waals surface area contributed by atoms with Crippen LogP contribution in [0.25, 0.3) is 0 Å². The first-order valence-electron chi connectivity index (χ1n) is 5.29. The largest absolute Gasteiger partial charge is 0.508 e. The van der Waals surface area contributed by atoms with E-state index < -0.39 is 0 Å². The van der Waals surface area contributed by atoms with Crippen molar-refractivity contribution >= 4 is 12.1 Å². The number of aromatic nitrogens is 1. The van der Waals surface area contributed by atoms with Crippen molar-refractivity contribution < 1.29 is 9.90 Å². The van der Waals surface area contributed by atoms with E-state index in [1.165, 1.54) is 18.5 Å². The number of carbonyl (C=O) groups excluding carboxylic acids is 1. The molecule has 0 saturated heterocycles. The fourth-order valence-electron chi connectivity index (χ4n) is 1.32. The molecule has 2 aromatic rings. The van der Waals surface area contributed by atoms with Crippen LogP contribution in [0.4, 0.5) is 0 Å². The molecule has 1 amide bonds. The van der Waals surface area contributed by atoms with Gasteiger partial charge in [0.2, 0.25) is 0 Å². The van der Waals surface area contributed by atoms with Gasteiger partial charge < -0.3 is 5.11 Å². The van der Waals surface area contributed by atoms with Gasteiger partial charge in [0, 0.05) is 6.20 Å². The third-order valence-corrected chi connectivity index (χ3v) is 2.15. The van der Waals surface area contributed by atoms with E-state index in [9.17, 15) is 9.90 Å². The molecule has 0 aliphatic heterocycles. The van der Waals surface area contributed by atoms with Gasteiger partial charge in [-0.25, -0.2) is 5.43 Å². The summed E-state index contributed by atoms with van der Waals surface area (Å²) in [5.41, 5.74) is 3.34. The minimum atomic E-state index is -0.382. The van der Waals surface area contributed by atoms with Gasteiger partial charge in [0.25, 0.3) is 5.91 Å². The number of carbonyl (C=O) groups is 1. The summed E-state index contributed by atoms with van der Waals surface area (Å²) in [4.78, 5) is 15.5. The van der Waals surface area contributed by atoms with Gasteiger partial charge in [-0.2, -0.15) is 5.10 Å². The summed E-state index contributed by atoms with van der Waals surface area (Å²) in [6, 6.07) is 11.6. The van der Waals surface area contributed by atoms with Crippen LogP contribution in [0.3, 0.4) is 0 Å². The number of hydrazone groups is 1. The lowest BCUT2D eigenvalue weighted by molar-refractivity contribution is 0.0950. The molecule has 0 saturated carbocycles. The van der Waals surface area contributed by atoms with E-state index in [-0.39, 0.29) is 11.7 Å². The van der Waals surface area contributed by atoms with E-state index in [2.05, 4.69) is 15.5 Å². The number of pyridine rings is 1. The van der Waals surface area contributed by atoms with Crippen LogP contribution < -0.4 is 5.43 Å². The van der Waals surface area contributed by atoms with Gasteiger partial charge in [-0.05, 0) is 29.8 Å². The summed E-state index contributed by atoms with van der Waals surface area (Å²) >= 11 is 0. The Morgan fingerprint density at radius 1 is 1.28 bits per heavy atom. The van der Waals surface area contributed by atoms with Crippen molar-refractivity contribution in [2.75, 3.05) is 0 Å².